The van der Waals surface area contributed by atoms with E-state index in [9.17, 15) is 23.5 Å². The Balaban J connectivity index is 1.34. The summed E-state index contributed by atoms with van der Waals surface area (Å²) in [5, 5.41) is 19.3. The Kier molecular flexibility index (Phi) is 4.57. The van der Waals surface area contributed by atoms with Crippen molar-refractivity contribution in [3.8, 4) is 16.3 Å². The molecule has 0 aliphatic carbocycles. The average molecular weight is 474 g/mol. The van der Waals surface area contributed by atoms with Crippen molar-refractivity contribution in [3.05, 3.63) is 62.5 Å². The monoisotopic (exact) mass is 474 g/mol. The third-order valence-electron chi connectivity index (χ3n) is 6.10. The molecule has 3 aromatic rings. The Morgan fingerprint density at radius 3 is 2.88 bits per heavy atom. The van der Waals surface area contributed by atoms with Gasteiger partial charge in [0, 0.05) is 18.7 Å². The standard InChI is InChI=1S/C21H16F2N4O5S/c22-10-2-1-9(12(23)4-10)3-15-24-25-20(33-15)11-5-26-6-16-27(13-7-31-8-14(13)32-16)21(30)17(26)19(29)18(11)28/h1-2,4-5,13-14,16,29H,3,6-8H2/t13-,14+,16+/m1/s1. The largest absolute Gasteiger partial charge is 0.503 e. The smallest absolute Gasteiger partial charge is 0.277 e. The molecule has 0 unspecified atom stereocenters. The molecule has 0 spiro atoms. The number of amides is 1. The summed E-state index contributed by atoms with van der Waals surface area (Å²) in [6.45, 7) is 0.970. The molecule has 1 N–H and O–H groups in total. The van der Waals surface area contributed by atoms with Crippen molar-refractivity contribution in [2.45, 2.75) is 31.3 Å². The predicted molar refractivity (Wildman–Crippen MR) is 110 cm³/mol. The van der Waals surface area contributed by atoms with E-state index in [2.05, 4.69) is 10.2 Å². The predicted octanol–water partition coefficient (Wildman–Crippen LogP) is 1.52. The number of pyridine rings is 1. The molecule has 0 saturated carbocycles. The van der Waals surface area contributed by atoms with Crippen LogP contribution in [0.3, 0.4) is 0 Å². The minimum Gasteiger partial charge on any atom is -0.503 e. The molecule has 5 heterocycles. The summed E-state index contributed by atoms with van der Waals surface area (Å²) in [5.74, 6) is -2.54. The minimum absolute atomic E-state index is 0.0657. The summed E-state index contributed by atoms with van der Waals surface area (Å²) in [4.78, 5) is 27.6. The maximum atomic E-state index is 14.0. The van der Waals surface area contributed by atoms with Crippen molar-refractivity contribution in [2.24, 2.45) is 0 Å². The van der Waals surface area contributed by atoms with Gasteiger partial charge in [-0.15, -0.1) is 10.2 Å². The van der Waals surface area contributed by atoms with Crippen LogP contribution in [0.1, 0.15) is 21.1 Å². The van der Waals surface area contributed by atoms with Gasteiger partial charge < -0.3 is 24.0 Å². The molecule has 9 nitrogen and oxygen atoms in total. The molecule has 3 aliphatic rings. The van der Waals surface area contributed by atoms with E-state index in [1.54, 1.807) is 0 Å². The summed E-state index contributed by atoms with van der Waals surface area (Å²) in [7, 11) is 0. The molecular weight excluding hydrogens is 458 g/mol. The van der Waals surface area contributed by atoms with Crippen LogP contribution in [0.25, 0.3) is 10.6 Å². The Labute approximate surface area is 188 Å². The molecule has 6 rings (SSSR count). The number of aromatic hydroxyl groups is 1. The number of hydrogen-bond acceptors (Lipinski definition) is 8. The number of hydrogen-bond donors (Lipinski definition) is 1. The Morgan fingerprint density at radius 1 is 1.21 bits per heavy atom. The van der Waals surface area contributed by atoms with E-state index in [-0.39, 0.29) is 46.9 Å². The number of benzene rings is 1. The second kappa shape index (κ2) is 7.40. The Morgan fingerprint density at radius 2 is 2.06 bits per heavy atom. The maximum absolute atomic E-state index is 14.0. The second-order valence-electron chi connectivity index (χ2n) is 8.08. The molecule has 1 aromatic carbocycles. The van der Waals surface area contributed by atoms with Crippen molar-refractivity contribution < 1.29 is 28.2 Å². The SMILES string of the molecule is O=C1c2c(O)c(=O)c(-c3nnc(Cc4ccc(F)cc4F)s3)cn2C[C@@H]2O[C@H]3COC[C@H]3N12. The zero-order valence-corrected chi connectivity index (χ0v) is 17.7. The van der Waals surface area contributed by atoms with Crippen LogP contribution in [0.5, 0.6) is 5.75 Å². The van der Waals surface area contributed by atoms with Crippen LogP contribution in [-0.2, 0) is 22.4 Å². The van der Waals surface area contributed by atoms with Crippen LogP contribution in [0.2, 0.25) is 0 Å². The van der Waals surface area contributed by atoms with Gasteiger partial charge in [0.05, 0.1) is 31.4 Å². The molecule has 2 aromatic heterocycles. The number of halogens is 2. The van der Waals surface area contributed by atoms with Gasteiger partial charge in [-0.25, -0.2) is 8.78 Å². The van der Waals surface area contributed by atoms with Gasteiger partial charge in [0.25, 0.3) is 5.91 Å². The van der Waals surface area contributed by atoms with E-state index >= 15 is 0 Å². The van der Waals surface area contributed by atoms with Crippen molar-refractivity contribution in [2.75, 3.05) is 13.2 Å². The molecular formula is C21H16F2N4O5S. The molecule has 170 valence electrons. The number of fused-ring (bicyclic) bond motifs is 4. The lowest BCUT2D eigenvalue weighted by Gasteiger charge is -2.34. The highest BCUT2D eigenvalue weighted by Gasteiger charge is 2.51. The number of nitrogens with zero attached hydrogens (tertiary/aromatic N) is 4. The van der Waals surface area contributed by atoms with Gasteiger partial charge in [0.2, 0.25) is 5.43 Å². The number of ether oxygens (including phenoxy) is 2. The molecule has 3 atom stereocenters. The van der Waals surface area contributed by atoms with Gasteiger partial charge in [-0.05, 0) is 11.6 Å². The van der Waals surface area contributed by atoms with Gasteiger partial charge >= 0.3 is 0 Å². The number of aromatic nitrogens is 3. The molecule has 2 saturated heterocycles. The fourth-order valence-corrected chi connectivity index (χ4v) is 5.40. The molecule has 0 radical (unpaired) electrons. The number of rotatable bonds is 3. The summed E-state index contributed by atoms with van der Waals surface area (Å²) >= 11 is 1.05. The fraction of sp³-hybridized carbons (Fsp3) is 0.333. The third kappa shape index (κ3) is 3.16. The first-order valence-electron chi connectivity index (χ1n) is 10.2. The van der Waals surface area contributed by atoms with Crippen LogP contribution in [-0.4, -0.2) is 62.3 Å². The van der Waals surface area contributed by atoms with Gasteiger partial charge in [-0.1, -0.05) is 17.4 Å². The van der Waals surface area contributed by atoms with E-state index in [4.69, 9.17) is 9.47 Å². The van der Waals surface area contributed by atoms with Crippen LogP contribution in [0.15, 0.2) is 29.2 Å². The Hall–Kier alpha value is -3.22. The summed E-state index contributed by atoms with van der Waals surface area (Å²) < 4.78 is 39.9. The summed E-state index contributed by atoms with van der Waals surface area (Å²) in [6.07, 6.45) is 0.768. The first-order valence-corrected chi connectivity index (χ1v) is 11.0. The number of carbonyl (C=O) groups excluding carboxylic acids is 1. The van der Waals surface area contributed by atoms with Crippen molar-refractivity contribution in [1.29, 1.82) is 0 Å². The van der Waals surface area contributed by atoms with E-state index in [0.29, 0.717) is 18.2 Å². The van der Waals surface area contributed by atoms with E-state index in [0.717, 1.165) is 23.5 Å². The first kappa shape index (κ1) is 20.4. The van der Waals surface area contributed by atoms with Crippen molar-refractivity contribution in [1.82, 2.24) is 19.7 Å². The first-order chi connectivity index (χ1) is 15.9. The highest BCUT2D eigenvalue weighted by Crippen LogP contribution is 2.36. The summed E-state index contributed by atoms with van der Waals surface area (Å²) in [6, 6.07) is 3.02. The van der Waals surface area contributed by atoms with Gasteiger partial charge in [-0.2, -0.15) is 0 Å². The van der Waals surface area contributed by atoms with E-state index in [1.807, 2.05) is 0 Å². The topological polar surface area (TPSA) is 107 Å². The van der Waals surface area contributed by atoms with Crippen LogP contribution in [0, 0.1) is 11.6 Å². The Bertz CT molecular complexity index is 1360. The fourth-order valence-electron chi connectivity index (χ4n) is 4.53. The molecule has 33 heavy (non-hydrogen) atoms. The second-order valence-corrected chi connectivity index (χ2v) is 9.14. The highest BCUT2D eigenvalue weighted by atomic mass is 32.1. The third-order valence-corrected chi connectivity index (χ3v) is 7.06. The molecule has 0 bridgehead atoms. The van der Waals surface area contributed by atoms with Crippen molar-refractivity contribution >= 4 is 17.2 Å². The summed E-state index contributed by atoms with van der Waals surface area (Å²) in [5.41, 5.74) is -0.539. The molecule has 2 fully saturated rings. The minimum atomic E-state index is -0.747. The van der Waals surface area contributed by atoms with Gasteiger partial charge in [-0.3, -0.25) is 9.59 Å². The van der Waals surface area contributed by atoms with Crippen LogP contribution >= 0.6 is 11.3 Å². The van der Waals surface area contributed by atoms with Gasteiger partial charge in [0.1, 0.15) is 22.7 Å². The zero-order chi connectivity index (χ0) is 22.9. The maximum Gasteiger partial charge on any atom is 0.277 e. The van der Waals surface area contributed by atoms with E-state index < -0.39 is 34.9 Å². The van der Waals surface area contributed by atoms with Crippen LogP contribution < -0.4 is 5.43 Å². The van der Waals surface area contributed by atoms with Crippen molar-refractivity contribution in [3.63, 3.8) is 0 Å². The molecule has 1 amide bonds. The lowest BCUT2D eigenvalue weighted by molar-refractivity contribution is -0.0381. The highest BCUT2D eigenvalue weighted by molar-refractivity contribution is 7.14. The quantitative estimate of drug-likeness (QED) is 0.614. The zero-order valence-electron chi connectivity index (χ0n) is 16.9. The lowest BCUT2D eigenvalue weighted by Crippen LogP contribution is -2.50. The van der Waals surface area contributed by atoms with Crippen LogP contribution in [0.4, 0.5) is 8.78 Å². The average Bonchev–Trinajstić information content (AvgIpc) is 3.48. The lowest BCUT2D eigenvalue weighted by atomic mass is 10.1. The molecule has 3 aliphatic heterocycles. The van der Waals surface area contributed by atoms with E-state index in [1.165, 1.54) is 21.7 Å². The molecule has 12 heteroatoms. The normalized spacial score (nSPS) is 23.5. The number of carbonyl (C=O) groups is 1. The van der Waals surface area contributed by atoms with Gasteiger partial charge in [0.15, 0.2) is 22.7 Å².